The molecule has 1 N–H and O–H groups in total. The molecular formula is C48H42N4. The Balaban J connectivity index is 1.39. The number of fused-ring (bicyclic) bond motifs is 5. The van der Waals surface area contributed by atoms with Crippen LogP contribution in [0.25, 0.3) is 83.1 Å². The first-order valence-corrected chi connectivity index (χ1v) is 18.2. The number of aromatic nitrogens is 4. The second-order valence-corrected chi connectivity index (χ2v) is 16.1. The van der Waals surface area contributed by atoms with Crippen molar-refractivity contribution in [2.75, 3.05) is 0 Å². The lowest BCUT2D eigenvalue weighted by molar-refractivity contribution is 0.590. The molecule has 0 atom stereocenters. The highest BCUT2D eigenvalue weighted by molar-refractivity contribution is 6.13. The summed E-state index contributed by atoms with van der Waals surface area (Å²) in [4.78, 5) is 14.2. The van der Waals surface area contributed by atoms with Gasteiger partial charge >= 0.3 is 0 Å². The van der Waals surface area contributed by atoms with E-state index in [1.54, 1.807) is 0 Å². The van der Waals surface area contributed by atoms with Gasteiger partial charge in [-0.2, -0.15) is 0 Å². The summed E-state index contributed by atoms with van der Waals surface area (Å²) in [5.41, 5.74) is 13.2. The van der Waals surface area contributed by atoms with Crippen LogP contribution in [0.3, 0.4) is 0 Å². The summed E-state index contributed by atoms with van der Waals surface area (Å²) < 4.78 is 2.39. The van der Waals surface area contributed by atoms with Crippen molar-refractivity contribution in [3.8, 4) is 39.5 Å². The van der Waals surface area contributed by atoms with Crippen molar-refractivity contribution in [3.05, 3.63) is 151 Å². The predicted molar refractivity (Wildman–Crippen MR) is 219 cm³/mol. The standard InChI is InChI=1S/C48H42N4/c1-47(2,3)33-23-24-41-37(27-33)38-28-34(48(4,5)6)29-39(44(38)50-41)46-51-45-36(31-16-11-17-32(26-31)40-20-9-10-25-49-40)19-13-22-43(45)52(46)42-21-12-15-30-14-7-8-18-35(30)42/h7-29,50H,1-6H3. The molecule has 9 aromatic rings. The molecule has 0 spiro atoms. The number of aromatic amines is 1. The number of H-pyrrole nitrogens is 1. The fourth-order valence-electron chi connectivity index (χ4n) is 7.62. The minimum Gasteiger partial charge on any atom is -0.354 e. The summed E-state index contributed by atoms with van der Waals surface area (Å²) in [7, 11) is 0. The lowest BCUT2D eigenvalue weighted by atomic mass is 9.84. The molecule has 0 unspecified atom stereocenters. The number of imidazole rings is 1. The van der Waals surface area contributed by atoms with E-state index < -0.39 is 0 Å². The van der Waals surface area contributed by atoms with E-state index in [1.807, 2.05) is 18.3 Å². The third-order valence-electron chi connectivity index (χ3n) is 10.5. The van der Waals surface area contributed by atoms with Gasteiger partial charge in [0.05, 0.1) is 27.9 Å². The SMILES string of the molecule is CC(C)(C)c1ccc2[nH]c3c(-c4nc5c(-c6cccc(-c7ccccn7)c6)cccc5n4-c4cccc5ccccc45)cc(C(C)(C)C)cc3c2c1. The van der Waals surface area contributed by atoms with Crippen molar-refractivity contribution in [1.82, 2.24) is 19.5 Å². The van der Waals surface area contributed by atoms with E-state index in [-0.39, 0.29) is 10.8 Å². The Morgan fingerprint density at radius 3 is 2.10 bits per heavy atom. The highest BCUT2D eigenvalue weighted by atomic mass is 15.1. The molecule has 3 aromatic heterocycles. The molecule has 9 rings (SSSR count). The molecule has 254 valence electrons. The van der Waals surface area contributed by atoms with Gasteiger partial charge in [-0.25, -0.2) is 4.98 Å². The summed E-state index contributed by atoms with van der Waals surface area (Å²) in [6.45, 7) is 13.7. The molecular weight excluding hydrogens is 633 g/mol. The first kappa shape index (κ1) is 31.9. The van der Waals surface area contributed by atoms with E-state index in [1.165, 1.54) is 32.7 Å². The largest absolute Gasteiger partial charge is 0.354 e. The van der Waals surface area contributed by atoms with Crippen LogP contribution in [0.1, 0.15) is 52.7 Å². The maximum Gasteiger partial charge on any atom is 0.147 e. The molecule has 0 saturated heterocycles. The van der Waals surface area contributed by atoms with E-state index in [0.29, 0.717) is 0 Å². The highest BCUT2D eigenvalue weighted by Gasteiger charge is 2.25. The van der Waals surface area contributed by atoms with Crippen LogP contribution < -0.4 is 0 Å². The maximum absolute atomic E-state index is 5.67. The van der Waals surface area contributed by atoms with E-state index in [4.69, 9.17) is 4.98 Å². The van der Waals surface area contributed by atoms with Crippen LogP contribution in [-0.4, -0.2) is 19.5 Å². The Hall–Kier alpha value is -6.00. The zero-order valence-electron chi connectivity index (χ0n) is 30.6. The molecule has 0 aliphatic rings. The molecule has 0 amide bonds. The number of nitrogens with one attached hydrogen (secondary N) is 1. The first-order valence-electron chi connectivity index (χ1n) is 18.2. The Kier molecular flexibility index (Phi) is 7.24. The normalized spacial score (nSPS) is 12.4. The molecule has 0 aliphatic carbocycles. The zero-order valence-corrected chi connectivity index (χ0v) is 30.6. The zero-order chi connectivity index (χ0) is 35.8. The third kappa shape index (κ3) is 5.29. The van der Waals surface area contributed by atoms with Gasteiger partial charge in [0.15, 0.2) is 0 Å². The van der Waals surface area contributed by atoms with Crippen LogP contribution in [0.5, 0.6) is 0 Å². The molecule has 0 bridgehead atoms. The molecule has 0 aliphatic heterocycles. The van der Waals surface area contributed by atoms with Gasteiger partial charge in [0.1, 0.15) is 5.82 Å². The van der Waals surface area contributed by atoms with Crippen molar-refractivity contribution >= 4 is 43.6 Å². The van der Waals surface area contributed by atoms with Crippen LogP contribution in [0.15, 0.2) is 140 Å². The Morgan fingerprint density at radius 1 is 0.558 bits per heavy atom. The highest BCUT2D eigenvalue weighted by Crippen LogP contribution is 2.43. The first-order chi connectivity index (χ1) is 25.0. The van der Waals surface area contributed by atoms with E-state index in [9.17, 15) is 0 Å². The van der Waals surface area contributed by atoms with Gasteiger partial charge in [-0.3, -0.25) is 9.55 Å². The fraction of sp³-hybridized carbons (Fsp3) is 0.167. The maximum atomic E-state index is 5.67. The van der Waals surface area contributed by atoms with Crippen molar-refractivity contribution in [2.45, 2.75) is 52.4 Å². The van der Waals surface area contributed by atoms with Crippen molar-refractivity contribution in [3.63, 3.8) is 0 Å². The second kappa shape index (κ2) is 11.8. The van der Waals surface area contributed by atoms with Crippen molar-refractivity contribution < 1.29 is 0 Å². The average molecular weight is 675 g/mol. The fourth-order valence-corrected chi connectivity index (χ4v) is 7.62. The van der Waals surface area contributed by atoms with Crippen LogP contribution in [-0.2, 0) is 10.8 Å². The lowest BCUT2D eigenvalue weighted by Gasteiger charge is -2.21. The molecule has 4 heteroatoms. The van der Waals surface area contributed by atoms with Crippen LogP contribution in [0.4, 0.5) is 0 Å². The monoisotopic (exact) mass is 674 g/mol. The molecule has 0 saturated carbocycles. The number of hydrogen-bond donors (Lipinski definition) is 1. The Labute approximate surface area is 304 Å². The molecule has 3 heterocycles. The number of rotatable bonds is 4. The van der Waals surface area contributed by atoms with Crippen molar-refractivity contribution in [1.29, 1.82) is 0 Å². The van der Waals surface area contributed by atoms with Crippen LogP contribution in [0, 0.1) is 0 Å². The Morgan fingerprint density at radius 2 is 1.29 bits per heavy atom. The number of hydrogen-bond acceptors (Lipinski definition) is 2. The van der Waals surface area contributed by atoms with Gasteiger partial charge in [0, 0.05) is 44.6 Å². The summed E-state index contributed by atoms with van der Waals surface area (Å²) in [6, 6.07) is 48.2. The average Bonchev–Trinajstić information content (AvgIpc) is 3.72. The summed E-state index contributed by atoms with van der Waals surface area (Å²) >= 11 is 0. The number of benzene rings is 6. The molecule has 0 radical (unpaired) electrons. The van der Waals surface area contributed by atoms with Gasteiger partial charge in [0.2, 0.25) is 0 Å². The van der Waals surface area contributed by atoms with E-state index in [0.717, 1.165) is 61.5 Å². The van der Waals surface area contributed by atoms with Gasteiger partial charge in [-0.1, -0.05) is 120 Å². The summed E-state index contributed by atoms with van der Waals surface area (Å²) in [6.07, 6.45) is 1.85. The quantitative estimate of drug-likeness (QED) is 0.202. The van der Waals surface area contributed by atoms with E-state index in [2.05, 4.69) is 177 Å². The van der Waals surface area contributed by atoms with Gasteiger partial charge < -0.3 is 4.98 Å². The number of pyridine rings is 1. The summed E-state index contributed by atoms with van der Waals surface area (Å²) in [5.74, 6) is 0.915. The van der Waals surface area contributed by atoms with Crippen LogP contribution >= 0.6 is 0 Å². The van der Waals surface area contributed by atoms with Gasteiger partial charge in [-0.05, 0) is 87.5 Å². The number of para-hydroxylation sites is 1. The minimum atomic E-state index is -0.0818. The van der Waals surface area contributed by atoms with E-state index >= 15 is 0 Å². The molecule has 4 nitrogen and oxygen atoms in total. The lowest BCUT2D eigenvalue weighted by Crippen LogP contribution is -2.11. The molecule has 52 heavy (non-hydrogen) atoms. The third-order valence-corrected chi connectivity index (χ3v) is 10.5. The van der Waals surface area contributed by atoms with Crippen molar-refractivity contribution in [2.24, 2.45) is 0 Å². The second-order valence-electron chi connectivity index (χ2n) is 16.1. The molecule has 6 aromatic carbocycles. The number of nitrogens with zero attached hydrogens (tertiary/aromatic N) is 3. The summed E-state index contributed by atoms with van der Waals surface area (Å²) in [5, 5.41) is 4.85. The smallest absolute Gasteiger partial charge is 0.147 e. The van der Waals surface area contributed by atoms with Gasteiger partial charge in [0.25, 0.3) is 0 Å². The van der Waals surface area contributed by atoms with Crippen LogP contribution in [0.2, 0.25) is 0 Å². The topological polar surface area (TPSA) is 46.5 Å². The minimum absolute atomic E-state index is 0.0366. The Bertz CT molecular complexity index is 2800. The van der Waals surface area contributed by atoms with Gasteiger partial charge in [-0.15, -0.1) is 0 Å². The predicted octanol–water partition coefficient (Wildman–Crippen LogP) is 12.8. The molecule has 0 fully saturated rings.